The number of hydrogen-bond acceptors (Lipinski definition) is 3. The molecule has 2 aliphatic carbocycles. The van der Waals surface area contributed by atoms with Crippen LogP contribution in [-0.4, -0.2) is 43.8 Å². The fraction of sp³-hybridized carbons (Fsp3) is 1.00. The first kappa shape index (κ1) is 13.3. The second-order valence-electron chi connectivity index (χ2n) is 6.24. The molecule has 3 nitrogen and oxygen atoms in total. The summed E-state index contributed by atoms with van der Waals surface area (Å²) in [5.74, 6) is 1.83. The molecule has 0 saturated heterocycles. The van der Waals surface area contributed by atoms with Crippen molar-refractivity contribution >= 4 is 0 Å². The summed E-state index contributed by atoms with van der Waals surface area (Å²) in [5.41, 5.74) is 6.29. The summed E-state index contributed by atoms with van der Waals surface area (Å²) in [4.78, 5) is 2.53. The summed E-state index contributed by atoms with van der Waals surface area (Å²) < 4.78 is 5.56. The zero-order chi connectivity index (χ0) is 12.5. The summed E-state index contributed by atoms with van der Waals surface area (Å²) in [7, 11) is 4.09. The average Bonchev–Trinajstić information content (AvgIpc) is 3.04. The molecule has 2 saturated carbocycles. The topological polar surface area (TPSA) is 38.5 Å². The first-order chi connectivity index (χ1) is 8.11. The Morgan fingerprint density at radius 1 is 1.47 bits per heavy atom. The molecule has 0 aromatic rings. The predicted octanol–water partition coefficient (Wildman–Crippen LogP) is 1.86. The summed E-state index contributed by atoms with van der Waals surface area (Å²) >= 11 is 0. The molecule has 100 valence electrons. The molecule has 2 rings (SSSR count). The molecule has 0 aromatic heterocycles. The van der Waals surface area contributed by atoms with Crippen LogP contribution in [-0.2, 0) is 4.74 Å². The second-order valence-corrected chi connectivity index (χ2v) is 6.24. The van der Waals surface area contributed by atoms with Gasteiger partial charge in [-0.2, -0.15) is 0 Å². The number of nitrogens with two attached hydrogens (primary N) is 1. The van der Waals surface area contributed by atoms with E-state index in [1.165, 1.54) is 32.2 Å². The highest BCUT2D eigenvalue weighted by molar-refractivity contribution is 4.98. The van der Waals surface area contributed by atoms with Gasteiger partial charge in [-0.3, -0.25) is 4.90 Å². The van der Waals surface area contributed by atoms with Crippen molar-refractivity contribution in [1.29, 1.82) is 0 Å². The van der Waals surface area contributed by atoms with Crippen LogP contribution in [0.25, 0.3) is 0 Å². The fourth-order valence-corrected chi connectivity index (χ4v) is 3.37. The van der Waals surface area contributed by atoms with E-state index in [0.29, 0.717) is 6.10 Å². The van der Waals surface area contributed by atoms with E-state index in [0.717, 1.165) is 24.8 Å². The number of likely N-dealkylation sites (N-methyl/N-ethyl adjacent to an activating group) is 1. The van der Waals surface area contributed by atoms with E-state index in [1.807, 2.05) is 7.11 Å². The molecule has 2 fully saturated rings. The molecule has 4 atom stereocenters. The molecule has 3 heteroatoms. The largest absolute Gasteiger partial charge is 0.381 e. The van der Waals surface area contributed by atoms with Gasteiger partial charge in [0.2, 0.25) is 0 Å². The summed E-state index contributed by atoms with van der Waals surface area (Å²) in [6.45, 7) is 4.34. The Hall–Kier alpha value is -0.120. The van der Waals surface area contributed by atoms with Crippen molar-refractivity contribution < 1.29 is 4.74 Å². The van der Waals surface area contributed by atoms with E-state index in [1.54, 1.807) is 0 Å². The van der Waals surface area contributed by atoms with E-state index >= 15 is 0 Å². The number of methoxy groups -OCH3 is 1. The van der Waals surface area contributed by atoms with Crippen LogP contribution in [0.3, 0.4) is 0 Å². The molecular weight excluding hydrogens is 212 g/mol. The van der Waals surface area contributed by atoms with Crippen molar-refractivity contribution in [2.75, 3.05) is 27.2 Å². The minimum atomic E-state index is 0.196. The second kappa shape index (κ2) is 5.25. The Morgan fingerprint density at radius 2 is 2.18 bits per heavy atom. The maximum Gasteiger partial charge on any atom is 0.0589 e. The lowest BCUT2D eigenvalue weighted by molar-refractivity contribution is -0.0137. The van der Waals surface area contributed by atoms with Crippen molar-refractivity contribution in [2.24, 2.45) is 17.6 Å². The molecule has 0 aromatic carbocycles. The molecule has 17 heavy (non-hydrogen) atoms. The van der Waals surface area contributed by atoms with Gasteiger partial charge >= 0.3 is 0 Å². The SMILES string of the molecule is COC1CCCC(CN)(N(C)CC2CC2C)C1. The standard InChI is InChI=1S/C14H28N2O/c1-11-7-12(11)9-16(2)14(10-15)6-4-5-13(8-14)17-3/h11-13H,4-10,15H2,1-3H3. The van der Waals surface area contributed by atoms with E-state index in [9.17, 15) is 0 Å². The van der Waals surface area contributed by atoms with Crippen LogP contribution in [0.4, 0.5) is 0 Å². The fourth-order valence-electron chi connectivity index (χ4n) is 3.37. The van der Waals surface area contributed by atoms with Crippen LogP contribution in [0.15, 0.2) is 0 Å². The monoisotopic (exact) mass is 240 g/mol. The van der Waals surface area contributed by atoms with Gasteiger partial charge in [0.15, 0.2) is 0 Å². The van der Waals surface area contributed by atoms with Gasteiger partial charge in [-0.15, -0.1) is 0 Å². The van der Waals surface area contributed by atoms with Crippen LogP contribution >= 0.6 is 0 Å². The molecule has 0 amide bonds. The number of ether oxygens (including phenoxy) is 1. The third-order valence-electron chi connectivity index (χ3n) is 5.08. The maximum absolute atomic E-state index is 6.09. The van der Waals surface area contributed by atoms with Gasteiger partial charge in [-0.05, 0) is 51.0 Å². The molecule has 2 N–H and O–H groups in total. The number of hydrogen-bond donors (Lipinski definition) is 1. The van der Waals surface area contributed by atoms with Crippen molar-refractivity contribution in [2.45, 2.75) is 50.7 Å². The number of rotatable bonds is 5. The third-order valence-corrected chi connectivity index (χ3v) is 5.08. The van der Waals surface area contributed by atoms with Gasteiger partial charge in [0, 0.05) is 25.7 Å². The highest BCUT2D eigenvalue weighted by Gasteiger charge is 2.42. The molecular formula is C14H28N2O. The first-order valence-electron chi connectivity index (χ1n) is 7.05. The average molecular weight is 240 g/mol. The highest BCUT2D eigenvalue weighted by atomic mass is 16.5. The van der Waals surface area contributed by atoms with Gasteiger partial charge < -0.3 is 10.5 Å². The van der Waals surface area contributed by atoms with E-state index in [2.05, 4.69) is 18.9 Å². The Labute approximate surface area is 106 Å². The zero-order valence-electron chi connectivity index (χ0n) is 11.6. The Morgan fingerprint density at radius 3 is 2.71 bits per heavy atom. The van der Waals surface area contributed by atoms with E-state index in [-0.39, 0.29) is 5.54 Å². The molecule has 0 heterocycles. The van der Waals surface area contributed by atoms with Gasteiger partial charge in [0.05, 0.1) is 6.10 Å². The zero-order valence-corrected chi connectivity index (χ0v) is 11.6. The Bertz CT molecular complexity index is 259. The van der Waals surface area contributed by atoms with Crippen molar-refractivity contribution in [3.63, 3.8) is 0 Å². The van der Waals surface area contributed by atoms with Crippen molar-refractivity contribution in [1.82, 2.24) is 4.90 Å². The van der Waals surface area contributed by atoms with Crippen LogP contribution < -0.4 is 5.73 Å². The lowest BCUT2D eigenvalue weighted by Gasteiger charge is -2.46. The predicted molar refractivity (Wildman–Crippen MR) is 71.0 cm³/mol. The molecule has 0 radical (unpaired) electrons. The van der Waals surface area contributed by atoms with E-state index < -0.39 is 0 Å². The van der Waals surface area contributed by atoms with E-state index in [4.69, 9.17) is 10.5 Å². The number of nitrogens with zero attached hydrogens (tertiary/aromatic N) is 1. The van der Waals surface area contributed by atoms with Gasteiger partial charge in [-0.1, -0.05) is 6.92 Å². The smallest absolute Gasteiger partial charge is 0.0589 e. The lowest BCUT2D eigenvalue weighted by Crippen LogP contribution is -2.56. The van der Waals surface area contributed by atoms with Gasteiger partial charge in [0.1, 0.15) is 0 Å². The normalized spacial score (nSPS) is 41.8. The minimum Gasteiger partial charge on any atom is -0.381 e. The van der Waals surface area contributed by atoms with Crippen molar-refractivity contribution in [3.8, 4) is 0 Å². The molecule has 0 spiro atoms. The lowest BCUT2D eigenvalue weighted by atomic mass is 9.78. The molecule has 4 unspecified atom stereocenters. The summed E-state index contributed by atoms with van der Waals surface area (Å²) in [5, 5.41) is 0. The molecule has 2 aliphatic rings. The van der Waals surface area contributed by atoms with Gasteiger partial charge in [0.25, 0.3) is 0 Å². The first-order valence-corrected chi connectivity index (χ1v) is 7.05. The molecule has 0 aliphatic heterocycles. The van der Waals surface area contributed by atoms with Gasteiger partial charge in [-0.25, -0.2) is 0 Å². The van der Waals surface area contributed by atoms with Crippen LogP contribution in [0.2, 0.25) is 0 Å². The molecule has 0 bridgehead atoms. The minimum absolute atomic E-state index is 0.196. The highest BCUT2D eigenvalue weighted by Crippen LogP contribution is 2.41. The van der Waals surface area contributed by atoms with Crippen LogP contribution in [0.5, 0.6) is 0 Å². The van der Waals surface area contributed by atoms with Crippen LogP contribution in [0.1, 0.15) is 39.0 Å². The Balaban J connectivity index is 1.96. The van der Waals surface area contributed by atoms with Crippen molar-refractivity contribution in [3.05, 3.63) is 0 Å². The summed E-state index contributed by atoms with van der Waals surface area (Å²) in [6, 6.07) is 0. The maximum atomic E-state index is 6.09. The van der Waals surface area contributed by atoms with Crippen LogP contribution in [0, 0.1) is 11.8 Å². The third kappa shape index (κ3) is 2.83. The quantitative estimate of drug-likeness (QED) is 0.797. The summed E-state index contributed by atoms with van der Waals surface area (Å²) in [6.07, 6.45) is 6.61. The Kier molecular flexibility index (Phi) is 4.11.